The van der Waals surface area contributed by atoms with E-state index in [9.17, 15) is 9.59 Å². The van der Waals surface area contributed by atoms with Crippen molar-refractivity contribution in [3.8, 4) is 11.5 Å². The summed E-state index contributed by atoms with van der Waals surface area (Å²) in [4.78, 5) is 26.5. The van der Waals surface area contributed by atoms with Crippen LogP contribution in [0.5, 0.6) is 11.5 Å². The molecule has 0 unspecified atom stereocenters. The second-order valence-electron chi connectivity index (χ2n) is 8.37. The van der Waals surface area contributed by atoms with Crippen LogP contribution in [0.25, 0.3) is 11.0 Å². The number of benzene rings is 3. The predicted octanol–water partition coefficient (Wildman–Crippen LogP) is 7.54. The van der Waals surface area contributed by atoms with E-state index < -0.39 is 5.78 Å². The third kappa shape index (κ3) is 5.71. The van der Waals surface area contributed by atoms with Gasteiger partial charge in [0.15, 0.2) is 5.76 Å². The molecule has 4 rings (SSSR count). The number of nitrogens with one attached hydrogen (secondary N) is 1. The Balaban J connectivity index is 1.55. The first-order valence-electron chi connectivity index (χ1n) is 12.0. The Labute approximate surface area is 215 Å². The molecule has 0 fully saturated rings. The van der Waals surface area contributed by atoms with Gasteiger partial charge in [0.25, 0.3) is 5.91 Å². The number of unbranched alkanes of at least 4 members (excludes halogenated alkanes) is 3. The number of methoxy groups -OCH3 is 1. The van der Waals surface area contributed by atoms with Crippen LogP contribution in [-0.2, 0) is 0 Å². The summed E-state index contributed by atoms with van der Waals surface area (Å²) < 4.78 is 16.8. The molecule has 7 heteroatoms. The number of hydrogen-bond acceptors (Lipinski definition) is 5. The molecule has 3 aromatic carbocycles. The smallest absolute Gasteiger partial charge is 0.255 e. The van der Waals surface area contributed by atoms with Crippen molar-refractivity contribution in [1.29, 1.82) is 0 Å². The molecule has 4 aromatic rings. The van der Waals surface area contributed by atoms with Crippen LogP contribution in [0.4, 0.5) is 5.69 Å². The number of furan rings is 1. The SMILES string of the molecule is CCCCCCOc1ccc(C(=O)Nc2c(C(=O)c3ccc(OC)c(Cl)c3)oc3ccccc23)cc1. The first-order valence-corrected chi connectivity index (χ1v) is 12.3. The minimum Gasteiger partial charge on any atom is -0.495 e. The zero-order valence-electron chi connectivity index (χ0n) is 20.3. The molecule has 0 radical (unpaired) electrons. The van der Waals surface area contributed by atoms with Crippen molar-refractivity contribution in [2.45, 2.75) is 32.6 Å². The van der Waals surface area contributed by atoms with E-state index in [2.05, 4.69) is 12.2 Å². The fourth-order valence-electron chi connectivity index (χ4n) is 3.88. The summed E-state index contributed by atoms with van der Waals surface area (Å²) in [5, 5.41) is 3.80. The molecule has 1 amide bonds. The normalized spacial score (nSPS) is 10.9. The zero-order valence-corrected chi connectivity index (χ0v) is 21.1. The maximum atomic E-state index is 13.4. The number of anilines is 1. The van der Waals surface area contributed by atoms with Gasteiger partial charge in [-0.2, -0.15) is 0 Å². The Morgan fingerprint density at radius 2 is 1.69 bits per heavy atom. The van der Waals surface area contributed by atoms with Crippen molar-refractivity contribution in [3.63, 3.8) is 0 Å². The molecule has 0 bridgehead atoms. The van der Waals surface area contributed by atoms with Gasteiger partial charge < -0.3 is 19.2 Å². The van der Waals surface area contributed by atoms with Gasteiger partial charge in [0, 0.05) is 16.5 Å². The van der Waals surface area contributed by atoms with Crippen molar-refractivity contribution in [3.05, 3.63) is 88.6 Å². The van der Waals surface area contributed by atoms with E-state index in [1.54, 1.807) is 54.6 Å². The number of ketones is 1. The standard InChI is InChI=1S/C29H28ClNO5/c1-3-4-5-8-17-35-21-14-11-19(12-15-21)29(33)31-26-22-9-6-7-10-24(22)36-28(26)27(32)20-13-16-25(34-2)23(30)18-20/h6-7,9-16,18H,3-5,8,17H2,1-2H3,(H,31,33). The number of carbonyl (C=O) groups is 2. The number of halogens is 1. The average molecular weight is 506 g/mol. The van der Waals surface area contributed by atoms with Gasteiger partial charge in [-0.3, -0.25) is 9.59 Å². The number of fused-ring (bicyclic) bond motifs is 1. The van der Waals surface area contributed by atoms with Crippen LogP contribution >= 0.6 is 11.6 Å². The van der Waals surface area contributed by atoms with Crippen LogP contribution in [0.15, 0.2) is 71.1 Å². The summed E-state index contributed by atoms with van der Waals surface area (Å²) in [6.45, 7) is 2.82. The number of carbonyl (C=O) groups excluding carboxylic acids is 2. The summed E-state index contributed by atoms with van der Waals surface area (Å²) in [6, 6.07) is 18.8. The van der Waals surface area contributed by atoms with Gasteiger partial charge >= 0.3 is 0 Å². The van der Waals surface area contributed by atoms with Gasteiger partial charge in [0.1, 0.15) is 17.1 Å². The van der Waals surface area contributed by atoms with E-state index >= 15 is 0 Å². The van der Waals surface area contributed by atoms with Gasteiger partial charge in [-0.15, -0.1) is 0 Å². The van der Waals surface area contributed by atoms with Gasteiger partial charge in [0.05, 0.1) is 24.4 Å². The summed E-state index contributed by atoms with van der Waals surface area (Å²) in [6.07, 6.45) is 4.51. The quantitative estimate of drug-likeness (QED) is 0.168. The lowest BCUT2D eigenvalue weighted by atomic mass is 10.1. The molecule has 1 N–H and O–H groups in total. The monoisotopic (exact) mass is 505 g/mol. The number of hydrogen-bond donors (Lipinski definition) is 1. The van der Waals surface area contributed by atoms with Crippen LogP contribution in [-0.4, -0.2) is 25.4 Å². The van der Waals surface area contributed by atoms with Crippen LogP contribution in [0.3, 0.4) is 0 Å². The Hall–Kier alpha value is -3.77. The fourth-order valence-corrected chi connectivity index (χ4v) is 4.13. The molecule has 1 heterocycles. The molecule has 0 aliphatic rings. The van der Waals surface area contributed by atoms with Crippen molar-refractivity contribution in [2.75, 3.05) is 19.0 Å². The zero-order chi connectivity index (χ0) is 25.5. The summed E-state index contributed by atoms with van der Waals surface area (Å²) >= 11 is 6.22. The molecule has 0 saturated carbocycles. The van der Waals surface area contributed by atoms with Gasteiger partial charge in [-0.25, -0.2) is 0 Å². The first kappa shape index (κ1) is 25.3. The molecule has 1 aromatic heterocycles. The number of ether oxygens (including phenoxy) is 2. The molecule has 0 aliphatic heterocycles. The molecule has 0 spiro atoms. The first-order chi connectivity index (χ1) is 17.5. The molecule has 0 atom stereocenters. The molecule has 36 heavy (non-hydrogen) atoms. The third-order valence-corrected chi connectivity index (χ3v) is 6.13. The average Bonchev–Trinajstić information content (AvgIpc) is 3.26. The van der Waals surface area contributed by atoms with Crippen LogP contribution in [0.2, 0.25) is 5.02 Å². The minimum atomic E-state index is -0.405. The van der Waals surface area contributed by atoms with Crippen LogP contribution < -0.4 is 14.8 Å². The summed E-state index contributed by atoms with van der Waals surface area (Å²) in [5.74, 6) is 0.428. The van der Waals surface area contributed by atoms with Crippen molar-refractivity contribution >= 4 is 39.9 Å². The number of para-hydroxylation sites is 1. The summed E-state index contributed by atoms with van der Waals surface area (Å²) in [7, 11) is 1.50. The molecule has 6 nitrogen and oxygen atoms in total. The highest BCUT2D eigenvalue weighted by molar-refractivity contribution is 6.32. The van der Waals surface area contributed by atoms with Crippen molar-refractivity contribution in [2.24, 2.45) is 0 Å². The fraction of sp³-hybridized carbons (Fsp3) is 0.241. The highest BCUT2D eigenvalue weighted by Crippen LogP contribution is 2.34. The Bertz CT molecular complexity index is 1360. The van der Waals surface area contributed by atoms with E-state index in [1.165, 1.54) is 26.0 Å². The van der Waals surface area contributed by atoms with Crippen molar-refractivity contribution < 1.29 is 23.5 Å². The van der Waals surface area contributed by atoms with Gasteiger partial charge in [-0.1, -0.05) is 49.9 Å². The van der Waals surface area contributed by atoms with Crippen molar-refractivity contribution in [1.82, 2.24) is 0 Å². The lowest BCUT2D eigenvalue weighted by molar-refractivity contribution is 0.101. The molecule has 0 aliphatic carbocycles. The Morgan fingerprint density at radius 3 is 2.42 bits per heavy atom. The highest BCUT2D eigenvalue weighted by atomic mass is 35.5. The highest BCUT2D eigenvalue weighted by Gasteiger charge is 2.24. The molecular weight excluding hydrogens is 478 g/mol. The summed E-state index contributed by atoms with van der Waals surface area (Å²) in [5.41, 5.74) is 1.55. The maximum Gasteiger partial charge on any atom is 0.255 e. The number of amides is 1. The van der Waals surface area contributed by atoms with E-state index in [0.717, 1.165) is 12.8 Å². The maximum absolute atomic E-state index is 13.4. The molecule has 186 valence electrons. The second-order valence-corrected chi connectivity index (χ2v) is 8.78. The predicted molar refractivity (Wildman–Crippen MR) is 142 cm³/mol. The number of rotatable bonds is 11. The Kier molecular flexibility index (Phi) is 8.28. The topological polar surface area (TPSA) is 77.8 Å². The lowest BCUT2D eigenvalue weighted by Gasteiger charge is -2.09. The van der Waals surface area contributed by atoms with E-state index in [-0.39, 0.29) is 11.7 Å². The van der Waals surface area contributed by atoms with Gasteiger partial charge in [-0.05, 0) is 61.0 Å². The minimum absolute atomic E-state index is 0.0258. The third-order valence-electron chi connectivity index (χ3n) is 5.84. The van der Waals surface area contributed by atoms with Crippen LogP contribution in [0, 0.1) is 0 Å². The van der Waals surface area contributed by atoms with E-state index in [4.69, 9.17) is 25.5 Å². The van der Waals surface area contributed by atoms with E-state index in [0.29, 0.717) is 50.9 Å². The second kappa shape index (κ2) is 11.8. The van der Waals surface area contributed by atoms with Gasteiger partial charge in [0.2, 0.25) is 5.78 Å². The molecular formula is C29H28ClNO5. The molecule has 0 saturated heterocycles. The van der Waals surface area contributed by atoms with Crippen LogP contribution in [0.1, 0.15) is 59.1 Å². The largest absolute Gasteiger partial charge is 0.495 e. The Morgan fingerprint density at radius 1 is 0.944 bits per heavy atom. The lowest BCUT2D eigenvalue weighted by Crippen LogP contribution is -2.14. The van der Waals surface area contributed by atoms with E-state index in [1.807, 2.05) is 6.07 Å².